The van der Waals surface area contributed by atoms with E-state index in [1.165, 1.54) is 12.8 Å². The third-order valence-electron chi connectivity index (χ3n) is 6.19. The molecule has 1 amide bonds. The summed E-state index contributed by atoms with van der Waals surface area (Å²) in [6.07, 6.45) is 4.35. The van der Waals surface area contributed by atoms with Gasteiger partial charge in [0.05, 0.1) is 18.7 Å². The molecule has 0 unspecified atom stereocenters. The zero-order chi connectivity index (χ0) is 20.4. The van der Waals surface area contributed by atoms with E-state index >= 15 is 0 Å². The van der Waals surface area contributed by atoms with Crippen molar-refractivity contribution in [2.45, 2.75) is 71.1 Å². The lowest BCUT2D eigenvalue weighted by Gasteiger charge is -2.48. The smallest absolute Gasteiger partial charge is 0.272 e. The summed E-state index contributed by atoms with van der Waals surface area (Å²) in [7, 11) is 0. The van der Waals surface area contributed by atoms with Crippen molar-refractivity contribution < 1.29 is 9.53 Å². The number of unbranched alkanes of at least 4 members (excludes halogenated alkanes) is 1. The van der Waals surface area contributed by atoms with E-state index in [1.54, 1.807) is 0 Å². The number of piperidine rings is 1. The minimum atomic E-state index is -0.0466. The van der Waals surface area contributed by atoms with Crippen LogP contribution in [0.3, 0.4) is 0 Å². The van der Waals surface area contributed by atoms with Gasteiger partial charge in [-0.1, -0.05) is 45.4 Å². The molecule has 6 nitrogen and oxygen atoms in total. The molecule has 2 saturated heterocycles. The molecule has 2 bridgehead atoms. The Bertz CT molecular complexity index is 833. The summed E-state index contributed by atoms with van der Waals surface area (Å²) in [5.74, 6) is 0.427. The van der Waals surface area contributed by atoms with E-state index in [4.69, 9.17) is 9.84 Å². The number of amides is 1. The largest absolute Gasteiger partial charge is 0.378 e. The van der Waals surface area contributed by atoms with Gasteiger partial charge >= 0.3 is 0 Å². The minimum absolute atomic E-state index is 0.0466. The molecule has 2 fully saturated rings. The monoisotopic (exact) mass is 398 g/mol. The van der Waals surface area contributed by atoms with Crippen LogP contribution in [-0.4, -0.2) is 58.5 Å². The van der Waals surface area contributed by atoms with Gasteiger partial charge in [-0.3, -0.25) is 14.4 Å². The number of morpholine rings is 1. The normalized spacial score (nSPS) is 24.9. The maximum Gasteiger partial charge on any atom is 0.272 e. The number of carbonyl (C=O) groups excluding carboxylic acids is 1. The number of fused-ring (bicyclic) bond motifs is 3. The lowest BCUT2D eigenvalue weighted by atomic mass is 9.89. The zero-order valence-corrected chi connectivity index (χ0v) is 17.9. The van der Waals surface area contributed by atoms with Crippen LogP contribution < -0.4 is 5.32 Å². The van der Waals surface area contributed by atoms with E-state index in [-0.39, 0.29) is 11.9 Å². The number of benzene rings is 1. The summed E-state index contributed by atoms with van der Waals surface area (Å²) in [6, 6.07) is 9.06. The summed E-state index contributed by atoms with van der Waals surface area (Å²) >= 11 is 0. The van der Waals surface area contributed by atoms with Crippen molar-refractivity contribution in [3.8, 4) is 0 Å². The van der Waals surface area contributed by atoms with Crippen LogP contribution in [0.4, 0.5) is 0 Å². The number of aromatic nitrogens is 2. The molecule has 3 atom stereocenters. The van der Waals surface area contributed by atoms with Gasteiger partial charge < -0.3 is 10.1 Å². The van der Waals surface area contributed by atoms with Gasteiger partial charge in [-0.25, -0.2) is 0 Å². The van der Waals surface area contributed by atoms with E-state index in [0.717, 1.165) is 50.0 Å². The van der Waals surface area contributed by atoms with Gasteiger partial charge in [-0.05, 0) is 37.8 Å². The second-order valence-corrected chi connectivity index (χ2v) is 9.02. The van der Waals surface area contributed by atoms with Crippen LogP contribution in [0.2, 0.25) is 0 Å². The van der Waals surface area contributed by atoms with Crippen molar-refractivity contribution in [2.75, 3.05) is 19.8 Å². The topological polar surface area (TPSA) is 59.4 Å². The molecule has 1 aromatic heterocycles. The summed E-state index contributed by atoms with van der Waals surface area (Å²) in [4.78, 5) is 15.8. The van der Waals surface area contributed by atoms with Crippen LogP contribution in [0.25, 0.3) is 10.9 Å². The molecule has 158 valence electrons. The van der Waals surface area contributed by atoms with Gasteiger partial charge in [0.2, 0.25) is 0 Å². The summed E-state index contributed by atoms with van der Waals surface area (Å²) in [6.45, 7) is 10.1. The van der Waals surface area contributed by atoms with Gasteiger partial charge in [0.15, 0.2) is 5.69 Å². The highest BCUT2D eigenvalue weighted by Crippen LogP contribution is 2.29. The third-order valence-corrected chi connectivity index (χ3v) is 6.19. The highest BCUT2D eigenvalue weighted by molar-refractivity contribution is 6.05. The van der Waals surface area contributed by atoms with Crippen molar-refractivity contribution in [1.29, 1.82) is 0 Å². The Morgan fingerprint density at radius 2 is 1.97 bits per heavy atom. The molecule has 0 radical (unpaired) electrons. The van der Waals surface area contributed by atoms with Crippen molar-refractivity contribution in [2.24, 2.45) is 5.92 Å². The molecular weight excluding hydrogens is 364 g/mol. The number of nitrogens with one attached hydrogen (secondary N) is 1. The second kappa shape index (κ2) is 8.84. The Kier molecular flexibility index (Phi) is 6.20. The fraction of sp³-hybridized carbons (Fsp3) is 0.652. The van der Waals surface area contributed by atoms with E-state index < -0.39 is 0 Å². The molecule has 29 heavy (non-hydrogen) atoms. The van der Waals surface area contributed by atoms with Crippen LogP contribution in [-0.2, 0) is 11.3 Å². The summed E-state index contributed by atoms with van der Waals surface area (Å²) in [5.41, 5.74) is 1.59. The van der Waals surface area contributed by atoms with Crippen LogP contribution in [0.1, 0.15) is 56.9 Å². The minimum Gasteiger partial charge on any atom is -0.378 e. The number of carbonyl (C=O) groups is 1. The van der Waals surface area contributed by atoms with Gasteiger partial charge in [-0.2, -0.15) is 5.10 Å². The van der Waals surface area contributed by atoms with E-state index in [1.807, 2.05) is 22.9 Å². The molecule has 3 heterocycles. The van der Waals surface area contributed by atoms with Crippen molar-refractivity contribution in [3.05, 3.63) is 30.0 Å². The van der Waals surface area contributed by atoms with Gasteiger partial charge in [0, 0.05) is 30.1 Å². The molecular formula is C23H34N4O2. The van der Waals surface area contributed by atoms with E-state index in [9.17, 15) is 4.79 Å². The Morgan fingerprint density at radius 1 is 1.24 bits per heavy atom. The van der Waals surface area contributed by atoms with E-state index in [2.05, 4.69) is 37.1 Å². The molecule has 1 N–H and O–H groups in total. The lowest BCUT2D eigenvalue weighted by molar-refractivity contribution is -0.0802. The number of rotatable bonds is 7. The molecule has 6 heteroatoms. The average molecular weight is 399 g/mol. The molecule has 0 spiro atoms. The van der Waals surface area contributed by atoms with Gasteiger partial charge in [-0.15, -0.1) is 0 Å². The molecule has 2 aliphatic heterocycles. The van der Waals surface area contributed by atoms with Crippen LogP contribution in [0.5, 0.6) is 0 Å². The molecule has 2 aliphatic rings. The van der Waals surface area contributed by atoms with Crippen molar-refractivity contribution in [3.63, 3.8) is 0 Å². The SMILES string of the molecule is CCCCN1[C@@H]2COC[C@H]1C[C@@H](NC(=O)c1nn(CC(C)C)c3ccccc13)C2. The number of hydrogen-bond acceptors (Lipinski definition) is 4. The molecule has 0 aliphatic carbocycles. The Morgan fingerprint density at radius 3 is 2.66 bits per heavy atom. The van der Waals surface area contributed by atoms with Crippen molar-refractivity contribution >= 4 is 16.8 Å². The first-order valence-electron chi connectivity index (χ1n) is 11.2. The quantitative estimate of drug-likeness (QED) is 0.776. The number of ether oxygens (including phenoxy) is 1. The summed E-state index contributed by atoms with van der Waals surface area (Å²) in [5, 5.41) is 8.93. The molecule has 0 saturated carbocycles. The van der Waals surface area contributed by atoms with Crippen LogP contribution >= 0.6 is 0 Å². The van der Waals surface area contributed by atoms with Gasteiger partial charge in [0.25, 0.3) is 5.91 Å². The number of hydrogen-bond donors (Lipinski definition) is 1. The van der Waals surface area contributed by atoms with Crippen LogP contribution in [0.15, 0.2) is 24.3 Å². The fourth-order valence-corrected chi connectivity index (χ4v) is 4.85. The Hall–Kier alpha value is -1.92. The van der Waals surface area contributed by atoms with Gasteiger partial charge in [0.1, 0.15) is 0 Å². The first kappa shape index (κ1) is 20.4. The molecule has 4 rings (SSSR count). The summed E-state index contributed by atoms with van der Waals surface area (Å²) < 4.78 is 7.79. The Labute approximate surface area is 173 Å². The average Bonchev–Trinajstić information content (AvgIpc) is 3.04. The second-order valence-electron chi connectivity index (χ2n) is 9.02. The standard InChI is InChI=1S/C23H34N4O2/c1-4-5-10-26-18-11-17(12-19(26)15-29-14-18)24-23(28)22-20-8-6-7-9-21(20)27(25-22)13-16(2)3/h6-9,16-19H,4-5,10-15H2,1-3H3,(H,24,28)/t17-,18-,19+. The Balaban J connectivity index is 1.49. The highest BCUT2D eigenvalue weighted by Gasteiger charge is 2.39. The first-order valence-corrected chi connectivity index (χ1v) is 11.2. The van der Waals surface area contributed by atoms with E-state index in [0.29, 0.717) is 23.7 Å². The zero-order valence-electron chi connectivity index (χ0n) is 17.9. The maximum atomic E-state index is 13.2. The number of nitrogens with zero attached hydrogens (tertiary/aromatic N) is 3. The molecule has 2 aromatic rings. The molecule has 1 aromatic carbocycles. The highest BCUT2D eigenvalue weighted by atomic mass is 16.5. The maximum absolute atomic E-state index is 13.2. The van der Waals surface area contributed by atoms with Crippen molar-refractivity contribution in [1.82, 2.24) is 20.0 Å². The predicted molar refractivity (Wildman–Crippen MR) is 115 cm³/mol. The lowest BCUT2D eigenvalue weighted by Crippen LogP contribution is -2.60. The third kappa shape index (κ3) is 4.33. The fourth-order valence-electron chi connectivity index (χ4n) is 4.85. The number of para-hydroxylation sites is 1. The van der Waals surface area contributed by atoms with Crippen LogP contribution in [0, 0.1) is 5.92 Å². The predicted octanol–water partition coefficient (Wildman–Crippen LogP) is 3.45. The first-order chi connectivity index (χ1) is 14.1.